The van der Waals surface area contributed by atoms with Crippen LogP contribution in [0, 0.1) is 10.8 Å². The Morgan fingerprint density at radius 1 is 1.25 bits per heavy atom. The van der Waals surface area contributed by atoms with Gasteiger partial charge in [0, 0.05) is 5.41 Å². The van der Waals surface area contributed by atoms with Crippen LogP contribution < -0.4 is 0 Å². The Balaban J connectivity index is 5.10. The number of allylic oxidation sites excluding steroid dienone is 2. The van der Waals surface area contributed by atoms with Crippen molar-refractivity contribution in [2.75, 3.05) is 13.2 Å². The minimum Gasteiger partial charge on any atom is -0.495 e. The van der Waals surface area contributed by atoms with Crippen LogP contribution >= 0.6 is 0 Å². The summed E-state index contributed by atoms with van der Waals surface area (Å²) >= 11 is 0. The Labute approximate surface area is 100 Å². The fourth-order valence-corrected chi connectivity index (χ4v) is 1.61. The van der Waals surface area contributed by atoms with Crippen LogP contribution in [0.3, 0.4) is 0 Å². The topological polar surface area (TPSA) is 29.5 Å². The molecule has 0 aromatic heterocycles. The number of hydrogen-bond acceptors (Lipinski definition) is 2. The lowest BCUT2D eigenvalue weighted by atomic mass is 9.66. The van der Waals surface area contributed by atoms with Crippen molar-refractivity contribution in [3.05, 3.63) is 24.0 Å². The number of aliphatic hydroxyl groups excluding tert-OH is 1. The molecule has 1 unspecified atom stereocenters. The Morgan fingerprint density at radius 3 is 2.06 bits per heavy atom. The number of aliphatic hydroxyl groups is 1. The minimum atomic E-state index is -0.221. The van der Waals surface area contributed by atoms with Crippen molar-refractivity contribution in [3.63, 3.8) is 0 Å². The van der Waals surface area contributed by atoms with Crippen LogP contribution in [0.4, 0.5) is 0 Å². The van der Waals surface area contributed by atoms with Crippen LogP contribution in [0.1, 0.15) is 41.5 Å². The van der Waals surface area contributed by atoms with E-state index in [1.807, 2.05) is 0 Å². The molecule has 0 bridgehead atoms. The van der Waals surface area contributed by atoms with Gasteiger partial charge in [0.25, 0.3) is 0 Å². The number of hydrogen-bond donors (Lipinski definition) is 1. The Bertz CT molecular complexity index is 267. The highest BCUT2D eigenvalue weighted by Crippen LogP contribution is 2.46. The van der Waals surface area contributed by atoms with E-state index in [1.165, 1.54) is 5.57 Å². The van der Waals surface area contributed by atoms with Crippen molar-refractivity contribution in [3.8, 4) is 0 Å². The monoisotopic (exact) mass is 226 g/mol. The van der Waals surface area contributed by atoms with Gasteiger partial charge in [0.1, 0.15) is 6.61 Å². The number of rotatable bonds is 5. The second-order valence-corrected chi connectivity index (χ2v) is 5.67. The summed E-state index contributed by atoms with van der Waals surface area (Å²) in [5, 5.41) is 8.78. The molecule has 0 radical (unpaired) electrons. The molecule has 0 aromatic rings. The van der Waals surface area contributed by atoms with Crippen molar-refractivity contribution < 1.29 is 9.84 Å². The molecule has 94 valence electrons. The van der Waals surface area contributed by atoms with Crippen molar-refractivity contribution in [2.24, 2.45) is 10.8 Å². The van der Waals surface area contributed by atoms with E-state index < -0.39 is 0 Å². The molecule has 0 heterocycles. The normalized spacial score (nSPS) is 15.2. The molecule has 0 saturated heterocycles. The van der Waals surface area contributed by atoms with E-state index in [0.29, 0.717) is 6.61 Å². The van der Waals surface area contributed by atoms with Gasteiger partial charge in [0.15, 0.2) is 0 Å². The van der Waals surface area contributed by atoms with Crippen LogP contribution in [0.5, 0.6) is 0 Å². The van der Waals surface area contributed by atoms with Gasteiger partial charge in [-0.3, -0.25) is 0 Å². The molecular weight excluding hydrogens is 200 g/mol. The van der Waals surface area contributed by atoms with Crippen LogP contribution in [-0.2, 0) is 4.74 Å². The highest BCUT2D eigenvalue weighted by molar-refractivity contribution is 5.20. The molecule has 16 heavy (non-hydrogen) atoms. The first-order chi connectivity index (χ1) is 7.15. The molecule has 0 aromatic carbocycles. The number of ether oxygens (including phenoxy) is 1. The summed E-state index contributed by atoms with van der Waals surface area (Å²) in [4.78, 5) is 0. The molecule has 0 aliphatic carbocycles. The predicted molar refractivity (Wildman–Crippen MR) is 69.2 cm³/mol. The smallest absolute Gasteiger partial charge is 0.111 e. The largest absolute Gasteiger partial charge is 0.495 e. The molecule has 0 rings (SSSR count). The van der Waals surface area contributed by atoms with Gasteiger partial charge in [0.2, 0.25) is 0 Å². The van der Waals surface area contributed by atoms with E-state index in [-0.39, 0.29) is 17.4 Å². The fourth-order valence-electron chi connectivity index (χ4n) is 1.61. The first-order valence-corrected chi connectivity index (χ1v) is 5.74. The summed E-state index contributed by atoms with van der Waals surface area (Å²) < 4.78 is 5.49. The maximum Gasteiger partial charge on any atom is 0.111 e. The summed E-state index contributed by atoms with van der Waals surface area (Å²) in [5.74, 6) is 0.718. The van der Waals surface area contributed by atoms with Crippen molar-refractivity contribution in [1.82, 2.24) is 0 Å². The quantitative estimate of drug-likeness (QED) is 0.574. The third-order valence-electron chi connectivity index (χ3n) is 3.08. The van der Waals surface area contributed by atoms with E-state index in [2.05, 4.69) is 54.2 Å². The molecule has 0 aliphatic rings. The van der Waals surface area contributed by atoms with Gasteiger partial charge in [0.05, 0.1) is 12.4 Å². The van der Waals surface area contributed by atoms with Gasteiger partial charge in [-0.25, -0.2) is 0 Å². The van der Waals surface area contributed by atoms with E-state index >= 15 is 0 Å². The molecule has 0 spiro atoms. The van der Waals surface area contributed by atoms with Crippen LogP contribution in [0.25, 0.3) is 0 Å². The van der Waals surface area contributed by atoms with Gasteiger partial charge < -0.3 is 9.84 Å². The molecule has 0 aliphatic heterocycles. The molecule has 0 saturated carbocycles. The predicted octanol–water partition coefficient (Wildman–Crippen LogP) is 3.53. The first kappa shape index (κ1) is 15.2. The van der Waals surface area contributed by atoms with Crippen molar-refractivity contribution in [1.29, 1.82) is 0 Å². The second-order valence-electron chi connectivity index (χ2n) is 5.67. The second kappa shape index (κ2) is 5.53. The van der Waals surface area contributed by atoms with E-state index in [1.54, 1.807) is 0 Å². The SMILES string of the molecule is C=C(OCCO)C(C)(C=C(C)C)C(C)(C)C. The molecule has 0 fully saturated rings. The maximum atomic E-state index is 8.78. The molecule has 2 nitrogen and oxygen atoms in total. The summed E-state index contributed by atoms with van der Waals surface area (Å²) in [6.07, 6.45) is 2.19. The van der Waals surface area contributed by atoms with Crippen LogP contribution in [-0.4, -0.2) is 18.3 Å². The zero-order chi connectivity index (χ0) is 13.0. The summed E-state index contributed by atoms with van der Waals surface area (Å²) in [7, 11) is 0. The van der Waals surface area contributed by atoms with E-state index in [0.717, 1.165) is 5.76 Å². The standard InChI is InChI=1S/C14H26O2/c1-11(2)10-14(7,13(4,5)6)12(3)16-9-8-15/h10,15H,3,8-9H2,1-2,4-7H3. The van der Waals surface area contributed by atoms with Crippen LogP contribution in [0.15, 0.2) is 24.0 Å². The van der Waals surface area contributed by atoms with Gasteiger partial charge in [-0.2, -0.15) is 0 Å². The zero-order valence-corrected chi connectivity index (χ0v) is 11.6. The molecule has 1 atom stereocenters. The van der Waals surface area contributed by atoms with Crippen molar-refractivity contribution >= 4 is 0 Å². The van der Waals surface area contributed by atoms with Crippen LogP contribution in [0.2, 0.25) is 0 Å². The summed E-state index contributed by atoms with van der Waals surface area (Å²) in [6, 6.07) is 0. The summed E-state index contributed by atoms with van der Waals surface area (Å²) in [5.41, 5.74) is 1.05. The maximum absolute atomic E-state index is 8.78. The third-order valence-corrected chi connectivity index (χ3v) is 3.08. The minimum absolute atomic E-state index is 0.0219. The fraction of sp³-hybridized carbons (Fsp3) is 0.714. The molecule has 1 N–H and O–H groups in total. The highest BCUT2D eigenvalue weighted by Gasteiger charge is 2.39. The Morgan fingerprint density at radius 2 is 1.75 bits per heavy atom. The van der Waals surface area contributed by atoms with Gasteiger partial charge in [-0.15, -0.1) is 0 Å². The lowest BCUT2D eigenvalue weighted by Crippen LogP contribution is -2.34. The Kier molecular flexibility index (Phi) is 5.27. The molecule has 0 amide bonds. The van der Waals surface area contributed by atoms with E-state index in [4.69, 9.17) is 9.84 Å². The van der Waals surface area contributed by atoms with Crippen molar-refractivity contribution in [2.45, 2.75) is 41.5 Å². The lowest BCUT2D eigenvalue weighted by Gasteiger charge is -2.41. The average molecular weight is 226 g/mol. The first-order valence-electron chi connectivity index (χ1n) is 5.74. The lowest BCUT2D eigenvalue weighted by molar-refractivity contribution is 0.0697. The van der Waals surface area contributed by atoms with Gasteiger partial charge in [-0.1, -0.05) is 39.0 Å². The zero-order valence-electron chi connectivity index (χ0n) is 11.6. The molecular formula is C14H26O2. The molecule has 2 heteroatoms. The Hall–Kier alpha value is -0.760. The van der Waals surface area contributed by atoms with Gasteiger partial charge >= 0.3 is 0 Å². The average Bonchev–Trinajstić information content (AvgIpc) is 2.10. The van der Waals surface area contributed by atoms with E-state index in [9.17, 15) is 0 Å². The van der Waals surface area contributed by atoms with Gasteiger partial charge in [-0.05, 0) is 26.2 Å². The third kappa shape index (κ3) is 3.67. The summed E-state index contributed by atoms with van der Waals surface area (Å²) in [6.45, 7) is 17.1. The highest BCUT2D eigenvalue weighted by atomic mass is 16.5.